The number of aromatic nitrogens is 5. The molecule has 0 bridgehead atoms. The largest absolute Gasteiger partial charge is 0.250 e. The van der Waals surface area contributed by atoms with Gasteiger partial charge in [-0.05, 0) is 25.6 Å². The highest BCUT2D eigenvalue weighted by Gasteiger charge is 2.31. The third-order valence-electron chi connectivity index (χ3n) is 3.47. The Morgan fingerprint density at radius 1 is 1.59 bits per heavy atom. The molecular formula is C11H13ClN6O2S2. The maximum atomic E-state index is 11.6. The molecule has 0 aromatic carbocycles. The Morgan fingerprint density at radius 3 is 2.95 bits per heavy atom. The summed E-state index contributed by atoms with van der Waals surface area (Å²) in [5.74, 6) is 0.234. The Morgan fingerprint density at radius 2 is 2.36 bits per heavy atom. The highest BCUT2D eigenvalue weighted by Crippen LogP contribution is 2.29. The monoisotopic (exact) mass is 360 g/mol. The van der Waals surface area contributed by atoms with Crippen LogP contribution in [0.25, 0.3) is 0 Å². The Hall–Kier alpha value is -1.52. The molecule has 1 aliphatic rings. The quantitative estimate of drug-likeness (QED) is 0.658. The molecule has 3 heterocycles. The molecule has 1 saturated heterocycles. The number of hydrogen-bond acceptors (Lipinski definition) is 6. The van der Waals surface area contributed by atoms with Gasteiger partial charge in [-0.3, -0.25) is 5.10 Å². The van der Waals surface area contributed by atoms with Crippen LogP contribution in [0.1, 0.15) is 23.7 Å². The average molecular weight is 361 g/mol. The molecule has 22 heavy (non-hydrogen) atoms. The molecule has 1 fully saturated rings. The molecule has 0 radical (unpaired) electrons. The second-order valence-corrected chi connectivity index (χ2v) is 8.02. The standard InChI is InChI=1S/C11H13ClN6O2S2/c1-7-9(4-14-17-6-13-15-11(17)21)10(12)18(16-7)8-2-3-22(19,20)5-8/h4,6,8H,2-3,5H2,1H3,(H,15,21)/t8-/m0/s1. The maximum Gasteiger partial charge on any atom is 0.216 e. The van der Waals surface area contributed by atoms with Crippen LogP contribution >= 0.6 is 23.8 Å². The molecule has 1 N–H and O–H groups in total. The van der Waals surface area contributed by atoms with Crippen molar-refractivity contribution in [2.45, 2.75) is 19.4 Å². The second kappa shape index (κ2) is 5.60. The first-order valence-corrected chi connectivity index (χ1v) is 9.09. The van der Waals surface area contributed by atoms with Crippen LogP contribution in [0.5, 0.6) is 0 Å². The molecule has 0 amide bonds. The number of aromatic amines is 1. The Bertz CT molecular complexity index is 894. The number of halogens is 1. The highest BCUT2D eigenvalue weighted by molar-refractivity contribution is 7.91. The van der Waals surface area contributed by atoms with Gasteiger partial charge in [-0.1, -0.05) is 11.6 Å². The van der Waals surface area contributed by atoms with Crippen LogP contribution in [0.2, 0.25) is 5.15 Å². The summed E-state index contributed by atoms with van der Waals surface area (Å²) in [6, 6.07) is -0.227. The molecule has 2 aromatic rings. The van der Waals surface area contributed by atoms with E-state index in [-0.39, 0.29) is 17.5 Å². The fraction of sp³-hybridized carbons (Fsp3) is 0.455. The third kappa shape index (κ3) is 2.85. The second-order valence-electron chi connectivity index (χ2n) is 5.04. The van der Waals surface area contributed by atoms with Crippen molar-refractivity contribution in [2.75, 3.05) is 11.5 Å². The van der Waals surface area contributed by atoms with Crippen molar-refractivity contribution in [3.63, 3.8) is 0 Å². The Labute approximate surface area is 136 Å². The van der Waals surface area contributed by atoms with Crippen molar-refractivity contribution in [1.29, 1.82) is 0 Å². The van der Waals surface area contributed by atoms with Gasteiger partial charge in [-0.2, -0.15) is 20.0 Å². The fourth-order valence-corrected chi connectivity index (χ4v) is 4.53. The molecule has 1 atom stereocenters. The number of aryl methyl sites for hydroxylation is 1. The number of nitrogens with one attached hydrogen (secondary N) is 1. The van der Waals surface area contributed by atoms with E-state index in [0.717, 1.165) is 0 Å². The molecule has 8 nitrogen and oxygen atoms in total. The Kier molecular flexibility index (Phi) is 3.91. The lowest BCUT2D eigenvalue weighted by Crippen LogP contribution is -2.12. The summed E-state index contributed by atoms with van der Waals surface area (Å²) >= 11 is 11.3. The van der Waals surface area contributed by atoms with Gasteiger partial charge in [0.25, 0.3) is 0 Å². The van der Waals surface area contributed by atoms with Crippen LogP contribution in [0.4, 0.5) is 0 Å². The minimum atomic E-state index is -3.00. The van der Waals surface area contributed by atoms with Crippen LogP contribution in [-0.2, 0) is 9.84 Å². The predicted molar refractivity (Wildman–Crippen MR) is 84.7 cm³/mol. The molecule has 0 unspecified atom stereocenters. The highest BCUT2D eigenvalue weighted by atomic mass is 35.5. The summed E-state index contributed by atoms with van der Waals surface area (Å²) in [5.41, 5.74) is 1.31. The van der Waals surface area contributed by atoms with Gasteiger partial charge in [-0.25, -0.2) is 13.1 Å². The zero-order valence-electron chi connectivity index (χ0n) is 11.6. The molecule has 118 valence electrons. The van der Waals surface area contributed by atoms with E-state index in [2.05, 4.69) is 20.4 Å². The van der Waals surface area contributed by atoms with Crippen LogP contribution in [0.15, 0.2) is 11.4 Å². The van der Waals surface area contributed by atoms with E-state index < -0.39 is 9.84 Å². The van der Waals surface area contributed by atoms with Crippen molar-refractivity contribution in [3.05, 3.63) is 27.5 Å². The average Bonchev–Trinajstić information content (AvgIpc) is 3.08. The van der Waals surface area contributed by atoms with Crippen LogP contribution in [-0.4, -0.2) is 50.8 Å². The number of hydrogen-bond donors (Lipinski definition) is 1. The van der Waals surface area contributed by atoms with E-state index >= 15 is 0 Å². The molecule has 1 aliphatic heterocycles. The van der Waals surface area contributed by atoms with E-state index in [9.17, 15) is 8.42 Å². The Balaban J connectivity index is 1.93. The van der Waals surface area contributed by atoms with E-state index in [1.807, 2.05) is 0 Å². The van der Waals surface area contributed by atoms with E-state index in [0.29, 0.717) is 27.6 Å². The van der Waals surface area contributed by atoms with Crippen molar-refractivity contribution in [1.82, 2.24) is 24.7 Å². The van der Waals surface area contributed by atoms with Gasteiger partial charge < -0.3 is 0 Å². The molecule has 0 spiro atoms. The lowest BCUT2D eigenvalue weighted by molar-refractivity contribution is 0.497. The topological polar surface area (TPSA) is 97.9 Å². The molecule has 3 rings (SSSR count). The van der Waals surface area contributed by atoms with Crippen molar-refractivity contribution < 1.29 is 8.42 Å². The maximum absolute atomic E-state index is 11.6. The first-order valence-electron chi connectivity index (χ1n) is 6.49. The lowest BCUT2D eigenvalue weighted by Gasteiger charge is -2.09. The zero-order valence-corrected chi connectivity index (χ0v) is 14.0. The van der Waals surface area contributed by atoms with E-state index in [1.54, 1.807) is 11.6 Å². The number of nitrogens with zero attached hydrogens (tertiary/aromatic N) is 5. The minimum Gasteiger partial charge on any atom is -0.250 e. The summed E-state index contributed by atoms with van der Waals surface area (Å²) in [6.07, 6.45) is 3.50. The van der Waals surface area contributed by atoms with Gasteiger partial charge in [0.15, 0.2) is 9.84 Å². The smallest absolute Gasteiger partial charge is 0.216 e. The van der Waals surface area contributed by atoms with Gasteiger partial charge in [0.2, 0.25) is 4.77 Å². The summed E-state index contributed by atoms with van der Waals surface area (Å²) in [5, 5.41) is 15.2. The third-order valence-corrected chi connectivity index (χ3v) is 5.88. The first-order chi connectivity index (χ1) is 10.4. The SMILES string of the molecule is Cc1nn([C@H]2CCS(=O)(=O)C2)c(Cl)c1C=Nn1cn[nH]c1=S. The van der Waals surface area contributed by atoms with Crippen molar-refractivity contribution in [3.8, 4) is 0 Å². The van der Waals surface area contributed by atoms with E-state index in [1.165, 1.54) is 17.2 Å². The summed E-state index contributed by atoms with van der Waals surface area (Å²) < 4.78 is 26.5. The number of rotatable bonds is 3. The minimum absolute atomic E-state index is 0.0667. The van der Waals surface area contributed by atoms with Crippen LogP contribution < -0.4 is 0 Å². The van der Waals surface area contributed by atoms with Crippen LogP contribution in [0.3, 0.4) is 0 Å². The van der Waals surface area contributed by atoms with Crippen molar-refractivity contribution in [2.24, 2.45) is 5.10 Å². The first kappa shape index (κ1) is 15.4. The summed E-state index contributed by atoms with van der Waals surface area (Å²) in [4.78, 5) is 0. The van der Waals surface area contributed by atoms with Crippen LogP contribution in [0, 0.1) is 11.7 Å². The molecule has 0 saturated carbocycles. The normalized spacial score (nSPS) is 20.9. The van der Waals surface area contributed by atoms with Gasteiger partial charge in [0.05, 0.1) is 35.0 Å². The van der Waals surface area contributed by atoms with Gasteiger partial charge in [0, 0.05) is 0 Å². The number of H-pyrrole nitrogens is 1. The van der Waals surface area contributed by atoms with E-state index in [4.69, 9.17) is 23.8 Å². The van der Waals surface area contributed by atoms with Crippen molar-refractivity contribution >= 4 is 39.9 Å². The molecule has 2 aromatic heterocycles. The predicted octanol–water partition coefficient (Wildman–Crippen LogP) is 1.34. The molecular weight excluding hydrogens is 348 g/mol. The fourth-order valence-electron chi connectivity index (χ4n) is 2.33. The lowest BCUT2D eigenvalue weighted by atomic mass is 10.2. The van der Waals surface area contributed by atoms with Gasteiger partial charge in [0.1, 0.15) is 11.5 Å². The summed E-state index contributed by atoms with van der Waals surface area (Å²) in [6.45, 7) is 1.79. The molecule has 11 heteroatoms. The zero-order chi connectivity index (χ0) is 15.9. The van der Waals surface area contributed by atoms with Gasteiger partial charge in [-0.15, -0.1) is 0 Å². The molecule has 0 aliphatic carbocycles. The summed E-state index contributed by atoms with van der Waals surface area (Å²) in [7, 11) is -3.00. The number of sulfone groups is 1. The van der Waals surface area contributed by atoms with Gasteiger partial charge >= 0.3 is 0 Å².